The lowest BCUT2D eigenvalue weighted by molar-refractivity contribution is -0.145. The van der Waals surface area contributed by atoms with Crippen molar-refractivity contribution in [1.82, 2.24) is 9.97 Å². The summed E-state index contributed by atoms with van der Waals surface area (Å²) >= 11 is 0. The number of fused-ring (bicyclic) bond motifs is 1. The number of piperazine rings is 1. The lowest BCUT2D eigenvalue weighted by Crippen LogP contribution is -2.47. The monoisotopic (exact) mass is 475 g/mol. The number of nitriles is 1. The van der Waals surface area contributed by atoms with Gasteiger partial charge >= 0.3 is 5.97 Å². The molecule has 1 saturated heterocycles. The van der Waals surface area contributed by atoms with Crippen LogP contribution in [-0.4, -0.2) is 69.0 Å². The van der Waals surface area contributed by atoms with Crippen LogP contribution in [-0.2, 0) is 14.3 Å². The SMILES string of the molecule is CCOc1ccccc1N1CCN(c2nc3ccccc3nc2[C@H](C#N)C(=O)OCCOC)CC1. The van der Waals surface area contributed by atoms with Gasteiger partial charge in [0.1, 0.15) is 18.1 Å². The Kier molecular flexibility index (Phi) is 7.95. The molecule has 0 saturated carbocycles. The molecule has 35 heavy (non-hydrogen) atoms. The summed E-state index contributed by atoms with van der Waals surface area (Å²) in [5, 5.41) is 9.88. The Hall–Kier alpha value is -3.90. The molecule has 0 spiro atoms. The molecule has 0 amide bonds. The van der Waals surface area contributed by atoms with Crippen LogP contribution in [0.2, 0.25) is 0 Å². The second-order valence-electron chi connectivity index (χ2n) is 8.02. The number of aromatic nitrogens is 2. The molecule has 0 radical (unpaired) electrons. The molecule has 0 bridgehead atoms. The maximum absolute atomic E-state index is 12.7. The topological polar surface area (TPSA) is 101 Å². The highest BCUT2D eigenvalue weighted by atomic mass is 16.6. The molecule has 3 aromatic rings. The van der Waals surface area contributed by atoms with E-state index >= 15 is 0 Å². The molecule has 0 aliphatic carbocycles. The van der Waals surface area contributed by atoms with Gasteiger partial charge in [0.15, 0.2) is 11.7 Å². The van der Waals surface area contributed by atoms with E-state index in [0.717, 1.165) is 24.5 Å². The summed E-state index contributed by atoms with van der Waals surface area (Å²) < 4.78 is 16.0. The maximum atomic E-state index is 12.7. The summed E-state index contributed by atoms with van der Waals surface area (Å²) in [4.78, 5) is 26.6. The first-order valence-electron chi connectivity index (χ1n) is 11.7. The molecular weight excluding hydrogens is 446 g/mol. The highest BCUT2D eigenvalue weighted by Crippen LogP contribution is 2.32. The number of esters is 1. The number of hydrogen-bond acceptors (Lipinski definition) is 9. The van der Waals surface area contributed by atoms with Gasteiger partial charge in [-0.1, -0.05) is 24.3 Å². The third kappa shape index (κ3) is 5.44. The maximum Gasteiger partial charge on any atom is 0.329 e. The molecular formula is C26H29N5O4. The van der Waals surface area contributed by atoms with Crippen LogP contribution in [0.15, 0.2) is 48.5 Å². The van der Waals surface area contributed by atoms with E-state index in [1.807, 2.05) is 49.4 Å². The molecule has 4 rings (SSSR count). The highest BCUT2D eigenvalue weighted by molar-refractivity contribution is 5.85. The van der Waals surface area contributed by atoms with E-state index in [9.17, 15) is 10.1 Å². The number of anilines is 2. The number of carbonyl (C=O) groups excluding carboxylic acids is 1. The van der Waals surface area contributed by atoms with Gasteiger partial charge in [-0.3, -0.25) is 4.79 Å². The van der Waals surface area contributed by atoms with E-state index < -0.39 is 11.9 Å². The Morgan fingerprint density at radius 3 is 2.34 bits per heavy atom. The van der Waals surface area contributed by atoms with Gasteiger partial charge in [-0.25, -0.2) is 9.97 Å². The summed E-state index contributed by atoms with van der Waals surface area (Å²) in [5.41, 5.74) is 2.70. The summed E-state index contributed by atoms with van der Waals surface area (Å²) in [7, 11) is 1.52. The number of carbonyl (C=O) groups is 1. The third-order valence-corrected chi connectivity index (χ3v) is 5.83. The Balaban J connectivity index is 1.61. The van der Waals surface area contributed by atoms with Crippen molar-refractivity contribution >= 4 is 28.5 Å². The Bertz CT molecular complexity index is 1200. The second kappa shape index (κ2) is 11.5. The lowest BCUT2D eigenvalue weighted by Gasteiger charge is -2.38. The van der Waals surface area contributed by atoms with Gasteiger partial charge in [-0.05, 0) is 31.2 Å². The molecule has 1 fully saturated rings. The minimum atomic E-state index is -1.18. The van der Waals surface area contributed by atoms with Crippen LogP contribution >= 0.6 is 0 Å². The first kappa shape index (κ1) is 24.2. The number of ether oxygens (including phenoxy) is 3. The summed E-state index contributed by atoms with van der Waals surface area (Å²) in [6, 6.07) is 17.5. The predicted octanol–water partition coefficient (Wildman–Crippen LogP) is 3.15. The van der Waals surface area contributed by atoms with Crippen molar-refractivity contribution in [2.45, 2.75) is 12.8 Å². The smallest absolute Gasteiger partial charge is 0.329 e. The van der Waals surface area contributed by atoms with Crippen molar-refractivity contribution in [3.63, 3.8) is 0 Å². The molecule has 1 aliphatic rings. The van der Waals surface area contributed by atoms with E-state index in [0.29, 0.717) is 42.2 Å². The van der Waals surface area contributed by atoms with Crippen LogP contribution in [0.4, 0.5) is 11.5 Å². The van der Waals surface area contributed by atoms with E-state index in [4.69, 9.17) is 24.2 Å². The zero-order valence-electron chi connectivity index (χ0n) is 20.0. The molecule has 9 heteroatoms. The molecule has 2 aromatic carbocycles. The molecule has 2 heterocycles. The number of benzene rings is 2. The minimum absolute atomic E-state index is 0.0712. The average Bonchev–Trinajstić information content (AvgIpc) is 2.89. The van der Waals surface area contributed by atoms with Crippen LogP contribution in [0.1, 0.15) is 18.5 Å². The van der Waals surface area contributed by atoms with Gasteiger partial charge in [0.2, 0.25) is 0 Å². The first-order valence-corrected chi connectivity index (χ1v) is 11.7. The van der Waals surface area contributed by atoms with Crippen LogP contribution in [0, 0.1) is 11.3 Å². The van der Waals surface area contributed by atoms with Crippen molar-refractivity contribution in [1.29, 1.82) is 5.26 Å². The van der Waals surface area contributed by atoms with Crippen molar-refractivity contribution in [3.8, 4) is 11.8 Å². The average molecular weight is 476 g/mol. The van der Waals surface area contributed by atoms with Crippen molar-refractivity contribution in [2.75, 3.05) is 62.9 Å². The van der Waals surface area contributed by atoms with E-state index in [-0.39, 0.29) is 13.2 Å². The van der Waals surface area contributed by atoms with Crippen LogP contribution in [0.3, 0.4) is 0 Å². The Labute approximate surface area is 204 Å². The minimum Gasteiger partial charge on any atom is -0.492 e. The number of rotatable bonds is 9. The molecule has 9 nitrogen and oxygen atoms in total. The predicted molar refractivity (Wildman–Crippen MR) is 133 cm³/mol. The zero-order valence-corrected chi connectivity index (χ0v) is 20.0. The standard InChI is InChI=1S/C26H29N5O4/c1-3-34-23-11-7-6-10-22(23)30-12-14-31(15-13-30)25-24(19(18-27)26(32)35-17-16-33-2)28-20-8-4-5-9-21(20)29-25/h4-11,19H,3,12-17H2,1-2H3/t19-/m0/s1. The molecule has 1 aliphatic heterocycles. The van der Waals surface area contributed by atoms with Crippen molar-refractivity contribution < 1.29 is 19.0 Å². The van der Waals surface area contributed by atoms with Gasteiger partial charge in [0, 0.05) is 33.3 Å². The van der Waals surface area contributed by atoms with Crippen LogP contribution in [0.25, 0.3) is 11.0 Å². The van der Waals surface area contributed by atoms with E-state index in [1.54, 1.807) is 0 Å². The second-order valence-corrected chi connectivity index (χ2v) is 8.02. The Morgan fingerprint density at radius 1 is 1.00 bits per heavy atom. The van der Waals surface area contributed by atoms with Gasteiger partial charge in [0.25, 0.3) is 0 Å². The normalized spacial score (nSPS) is 14.4. The van der Waals surface area contributed by atoms with E-state index in [2.05, 4.69) is 21.9 Å². The van der Waals surface area contributed by atoms with Gasteiger partial charge in [0.05, 0.1) is 36.0 Å². The van der Waals surface area contributed by atoms with Crippen LogP contribution in [0.5, 0.6) is 5.75 Å². The number of hydrogen-bond donors (Lipinski definition) is 0. The van der Waals surface area contributed by atoms with Gasteiger partial charge in [-0.15, -0.1) is 0 Å². The number of nitrogens with zero attached hydrogens (tertiary/aromatic N) is 5. The first-order chi connectivity index (χ1) is 17.2. The Morgan fingerprint density at radius 2 is 1.66 bits per heavy atom. The van der Waals surface area contributed by atoms with Gasteiger partial charge < -0.3 is 24.0 Å². The van der Waals surface area contributed by atoms with Crippen molar-refractivity contribution in [2.24, 2.45) is 0 Å². The fourth-order valence-corrected chi connectivity index (χ4v) is 4.12. The van der Waals surface area contributed by atoms with Gasteiger partial charge in [-0.2, -0.15) is 5.26 Å². The van der Waals surface area contributed by atoms with E-state index in [1.165, 1.54) is 7.11 Å². The summed E-state index contributed by atoms with van der Waals surface area (Å²) in [6.07, 6.45) is 0. The third-order valence-electron chi connectivity index (χ3n) is 5.83. The molecule has 182 valence electrons. The quantitative estimate of drug-likeness (QED) is 0.341. The highest BCUT2D eigenvalue weighted by Gasteiger charge is 2.31. The lowest BCUT2D eigenvalue weighted by atomic mass is 10.1. The fraction of sp³-hybridized carbons (Fsp3) is 0.385. The molecule has 0 unspecified atom stereocenters. The zero-order chi connectivity index (χ0) is 24.6. The molecule has 1 atom stereocenters. The summed E-state index contributed by atoms with van der Waals surface area (Å²) in [6.45, 7) is 5.66. The molecule has 0 N–H and O–H groups in total. The number of methoxy groups -OCH3 is 1. The van der Waals surface area contributed by atoms with Crippen LogP contribution < -0.4 is 14.5 Å². The molecule has 1 aromatic heterocycles. The summed E-state index contributed by atoms with van der Waals surface area (Å²) in [5.74, 6) is -0.440. The van der Waals surface area contributed by atoms with Crippen molar-refractivity contribution in [3.05, 3.63) is 54.2 Å². The fourth-order valence-electron chi connectivity index (χ4n) is 4.12. The number of para-hydroxylation sites is 4. The largest absolute Gasteiger partial charge is 0.492 e.